The largest absolute Gasteiger partial charge is 0.368 e. The van der Waals surface area contributed by atoms with Gasteiger partial charge in [-0.05, 0) is 12.1 Å². The SMILES string of the molecule is NC(=O)Cn1ncc2ncccc2c1=O. The Morgan fingerprint density at radius 2 is 2.33 bits per heavy atom. The number of amides is 1. The van der Waals surface area contributed by atoms with Gasteiger partial charge in [-0.2, -0.15) is 5.10 Å². The van der Waals surface area contributed by atoms with Crippen molar-refractivity contribution in [2.45, 2.75) is 6.54 Å². The van der Waals surface area contributed by atoms with Gasteiger partial charge in [0, 0.05) is 6.20 Å². The number of primary amides is 1. The summed E-state index contributed by atoms with van der Waals surface area (Å²) >= 11 is 0. The highest BCUT2D eigenvalue weighted by Gasteiger charge is 2.05. The molecule has 2 heterocycles. The first kappa shape index (κ1) is 9.32. The number of pyridine rings is 1. The third-order valence-electron chi connectivity index (χ3n) is 1.93. The van der Waals surface area contributed by atoms with E-state index >= 15 is 0 Å². The van der Waals surface area contributed by atoms with Gasteiger partial charge in [-0.25, -0.2) is 4.68 Å². The molecule has 0 aromatic carbocycles. The van der Waals surface area contributed by atoms with E-state index in [-0.39, 0.29) is 12.1 Å². The number of fused-ring (bicyclic) bond motifs is 1. The third kappa shape index (κ3) is 1.69. The molecule has 0 aliphatic heterocycles. The summed E-state index contributed by atoms with van der Waals surface area (Å²) in [5.41, 5.74) is 5.12. The number of nitrogens with two attached hydrogens (primary N) is 1. The Labute approximate surface area is 84.3 Å². The second kappa shape index (κ2) is 3.49. The van der Waals surface area contributed by atoms with Crippen LogP contribution in [0.3, 0.4) is 0 Å². The van der Waals surface area contributed by atoms with Crippen molar-refractivity contribution in [3.8, 4) is 0 Å². The number of hydrogen-bond donors (Lipinski definition) is 1. The molecule has 0 bridgehead atoms. The number of rotatable bonds is 2. The van der Waals surface area contributed by atoms with Gasteiger partial charge in [0.05, 0.1) is 17.1 Å². The first-order valence-corrected chi connectivity index (χ1v) is 4.27. The Bertz CT molecular complexity index is 576. The van der Waals surface area contributed by atoms with Crippen molar-refractivity contribution < 1.29 is 4.79 Å². The predicted molar refractivity (Wildman–Crippen MR) is 53.0 cm³/mol. The molecule has 2 rings (SSSR count). The van der Waals surface area contributed by atoms with Gasteiger partial charge in [0.15, 0.2) is 0 Å². The summed E-state index contributed by atoms with van der Waals surface area (Å²) in [6.07, 6.45) is 3.00. The van der Waals surface area contributed by atoms with Gasteiger partial charge in [-0.3, -0.25) is 14.6 Å². The Morgan fingerprint density at radius 1 is 1.53 bits per heavy atom. The molecular weight excluding hydrogens is 196 g/mol. The first-order valence-electron chi connectivity index (χ1n) is 4.27. The molecule has 0 saturated heterocycles. The fraction of sp³-hybridized carbons (Fsp3) is 0.111. The molecule has 0 fully saturated rings. The van der Waals surface area contributed by atoms with Crippen LogP contribution in [0.4, 0.5) is 0 Å². The highest BCUT2D eigenvalue weighted by Crippen LogP contribution is 2.01. The molecule has 0 aliphatic rings. The van der Waals surface area contributed by atoms with Crippen molar-refractivity contribution >= 4 is 16.8 Å². The number of carbonyl (C=O) groups is 1. The molecule has 0 spiro atoms. The number of aromatic nitrogens is 3. The summed E-state index contributed by atoms with van der Waals surface area (Å²) < 4.78 is 1.02. The van der Waals surface area contributed by atoms with Gasteiger partial charge in [-0.15, -0.1) is 0 Å². The summed E-state index contributed by atoms with van der Waals surface area (Å²) in [5.74, 6) is -0.604. The Morgan fingerprint density at radius 3 is 3.07 bits per heavy atom. The topological polar surface area (TPSA) is 90.9 Å². The molecular formula is C9H8N4O2. The van der Waals surface area contributed by atoms with E-state index in [0.717, 1.165) is 4.68 Å². The Hall–Kier alpha value is -2.24. The van der Waals surface area contributed by atoms with Crippen molar-refractivity contribution in [1.29, 1.82) is 0 Å². The van der Waals surface area contributed by atoms with Crippen LogP contribution in [0.15, 0.2) is 29.3 Å². The molecule has 2 aromatic heterocycles. The summed E-state index contributed by atoms with van der Waals surface area (Å²) in [7, 11) is 0. The molecule has 76 valence electrons. The van der Waals surface area contributed by atoms with E-state index in [2.05, 4.69) is 10.1 Å². The summed E-state index contributed by atoms with van der Waals surface area (Å²) in [4.78, 5) is 26.4. The molecule has 15 heavy (non-hydrogen) atoms. The van der Waals surface area contributed by atoms with Gasteiger partial charge >= 0.3 is 0 Å². The zero-order valence-corrected chi connectivity index (χ0v) is 7.75. The lowest BCUT2D eigenvalue weighted by Crippen LogP contribution is -2.29. The predicted octanol–water partition coefficient (Wildman–Crippen LogP) is -0.723. The van der Waals surface area contributed by atoms with Gasteiger partial charge in [0.1, 0.15) is 6.54 Å². The van der Waals surface area contributed by atoms with E-state index in [1.54, 1.807) is 18.3 Å². The minimum absolute atomic E-state index is 0.219. The van der Waals surface area contributed by atoms with E-state index < -0.39 is 5.91 Å². The van der Waals surface area contributed by atoms with Crippen LogP contribution in [0.1, 0.15) is 0 Å². The van der Waals surface area contributed by atoms with E-state index in [1.807, 2.05) is 0 Å². The van der Waals surface area contributed by atoms with Crippen LogP contribution in [0.2, 0.25) is 0 Å². The molecule has 6 heteroatoms. The molecule has 0 radical (unpaired) electrons. The zero-order chi connectivity index (χ0) is 10.8. The Kier molecular flexibility index (Phi) is 2.17. The molecule has 0 unspecified atom stereocenters. The third-order valence-corrected chi connectivity index (χ3v) is 1.93. The molecule has 0 saturated carbocycles. The lowest BCUT2D eigenvalue weighted by molar-refractivity contribution is -0.118. The maximum atomic E-state index is 11.7. The average molecular weight is 204 g/mol. The second-order valence-corrected chi connectivity index (χ2v) is 3.01. The first-order chi connectivity index (χ1) is 7.18. The number of carbonyl (C=O) groups excluding carboxylic acids is 1. The van der Waals surface area contributed by atoms with Crippen molar-refractivity contribution in [1.82, 2.24) is 14.8 Å². The van der Waals surface area contributed by atoms with Gasteiger partial charge in [-0.1, -0.05) is 0 Å². The van der Waals surface area contributed by atoms with Gasteiger partial charge in [0.2, 0.25) is 5.91 Å². The van der Waals surface area contributed by atoms with Gasteiger partial charge < -0.3 is 5.73 Å². The minimum atomic E-state index is -0.604. The van der Waals surface area contributed by atoms with Crippen LogP contribution >= 0.6 is 0 Å². The van der Waals surface area contributed by atoms with Crippen LogP contribution in [0, 0.1) is 0 Å². The highest BCUT2D eigenvalue weighted by atomic mass is 16.2. The summed E-state index contributed by atoms with van der Waals surface area (Å²) in [6, 6.07) is 3.28. The smallest absolute Gasteiger partial charge is 0.276 e. The molecule has 2 N–H and O–H groups in total. The lowest BCUT2D eigenvalue weighted by Gasteiger charge is -2.01. The van der Waals surface area contributed by atoms with Crippen molar-refractivity contribution in [3.05, 3.63) is 34.9 Å². The molecule has 0 aliphatic carbocycles. The standard InChI is InChI=1S/C9H8N4O2/c10-8(14)5-13-9(15)6-2-1-3-11-7(6)4-12-13/h1-4H,5H2,(H2,10,14). The summed E-state index contributed by atoms with van der Waals surface area (Å²) in [6.45, 7) is -0.219. The molecule has 0 atom stereocenters. The van der Waals surface area contributed by atoms with E-state index in [9.17, 15) is 9.59 Å². The fourth-order valence-corrected chi connectivity index (χ4v) is 1.28. The molecule has 1 amide bonds. The van der Waals surface area contributed by atoms with Crippen LogP contribution in [-0.2, 0) is 11.3 Å². The monoisotopic (exact) mass is 204 g/mol. The van der Waals surface area contributed by atoms with Crippen LogP contribution in [0.5, 0.6) is 0 Å². The van der Waals surface area contributed by atoms with E-state index in [4.69, 9.17) is 5.73 Å². The molecule has 6 nitrogen and oxygen atoms in total. The van der Waals surface area contributed by atoms with Crippen molar-refractivity contribution in [2.24, 2.45) is 5.73 Å². The van der Waals surface area contributed by atoms with Gasteiger partial charge in [0.25, 0.3) is 5.56 Å². The minimum Gasteiger partial charge on any atom is -0.368 e. The highest BCUT2D eigenvalue weighted by molar-refractivity contribution is 5.77. The zero-order valence-electron chi connectivity index (χ0n) is 7.75. The van der Waals surface area contributed by atoms with E-state index in [1.165, 1.54) is 6.20 Å². The normalized spacial score (nSPS) is 10.4. The Balaban J connectivity index is 2.65. The van der Waals surface area contributed by atoms with Crippen molar-refractivity contribution in [2.75, 3.05) is 0 Å². The maximum Gasteiger partial charge on any atom is 0.276 e. The van der Waals surface area contributed by atoms with Crippen LogP contribution < -0.4 is 11.3 Å². The quantitative estimate of drug-likeness (QED) is 0.698. The van der Waals surface area contributed by atoms with Crippen LogP contribution in [0.25, 0.3) is 10.9 Å². The second-order valence-electron chi connectivity index (χ2n) is 3.01. The molecule has 2 aromatic rings. The van der Waals surface area contributed by atoms with Crippen LogP contribution in [-0.4, -0.2) is 20.7 Å². The lowest BCUT2D eigenvalue weighted by atomic mass is 10.3. The maximum absolute atomic E-state index is 11.7. The number of hydrogen-bond acceptors (Lipinski definition) is 4. The van der Waals surface area contributed by atoms with Crippen molar-refractivity contribution in [3.63, 3.8) is 0 Å². The fourth-order valence-electron chi connectivity index (χ4n) is 1.28. The average Bonchev–Trinajstić information content (AvgIpc) is 2.22. The summed E-state index contributed by atoms with van der Waals surface area (Å²) in [5, 5.41) is 4.21. The number of nitrogens with zero attached hydrogens (tertiary/aromatic N) is 3. The van der Waals surface area contributed by atoms with E-state index in [0.29, 0.717) is 10.9 Å².